The van der Waals surface area contributed by atoms with E-state index in [0.29, 0.717) is 10.6 Å². The summed E-state index contributed by atoms with van der Waals surface area (Å²) in [6.07, 6.45) is 0. The molecular weight excluding hydrogens is 286 g/mol. The lowest BCUT2D eigenvalue weighted by atomic mass is 10.4. The van der Waals surface area contributed by atoms with Gasteiger partial charge in [0.25, 0.3) is 10.0 Å². The molecule has 0 unspecified atom stereocenters. The largest absolute Gasteiger partial charge is 0.465 e. The molecule has 7 heteroatoms. The number of sulfonamides is 1. The number of aliphatic hydroxyl groups is 1. The summed E-state index contributed by atoms with van der Waals surface area (Å²) < 4.78 is 31.4. The van der Waals surface area contributed by atoms with Gasteiger partial charge in [0.1, 0.15) is 15.7 Å². The van der Waals surface area contributed by atoms with Crippen molar-refractivity contribution in [1.82, 2.24) is 4.31 Å². The average molecular weight is 301 g/mol. The van der Waals surface area contributed by atoms with E-state index < -0.39 is 10.0 Å². The molecule has 0 fully saturated rings. The van der Waals surface area contributed by atoms with Crippen LogP contribution in [-0.2, 0) is 23.2 Å². The van der Waals surface area contributed by atoms with Crippen LogP contribution in [0.4, 0.5) is 0 Å². The molecule has 104 valence electrons. The predicted octanol–water partition coefficient (Wildman–Crippen LogP) is 1.96. The van der Waals surface area contributed by atoms with Crippen molar-refractivity contribution in [3.8, 4) is 0 Å². The molecule has 2 heterocycles. The third-order valence-electron chi connectivity index (χ3n) is 2.63. The Morgan fingerprint density at radius 2 is 2.05 bits per heavy atom. The van der Waals surface area contributed by atoms with Crippen molar-refractivity contribution in [3.05, 3.63) is 40.7 Å². The molecule has 0 spiro atoms. The lowest BCUT2D eigenvalue weighted by molar-refractivity contribution is 0.285. The highest BCUT2D eigenvalue weighted by Crippen LogP contribution is 2.25. The lowest BCUT2D eigenvalue weighted by Crippen LogP contribution is -2.25. The first kappa shape index (κ1) is 14.3. The Hall–Kier alpha value is -1.15. The summed E-state index contributed by atoms with van der Waals surface area (Å²) in [5.41, 5.74) is 0. The molecule has 2 aromatic heterocycles. The molecule has 0 aliphatic carbocycles. The zero-order valence-corrected chi connectivity index (χ0v) is 12.3. The Morgan fingerprint density at radius 1 is 1.32 bits per heavy atom. The van der Waals surface area contributed by atoms with Gasteiger partial charge in [-0.2, -0.15) is 4.31 Å². The van der Waals surface area contributed by atoms with Gasteiger partial charge in [0.15, 0.2) is 0 Å². The molecule has 0 aliphatic heterocycles. The fraction of sp³-hybridized carbons (Fsp3) is 0.333. The summed E-state index contributed by atoms with van der Waals surface area (Å²) in [6, 6.07) is 6.68. The standard InChI is InChI=1S/C12H15NO4S2/c1-9-3-4-10(17-9)7-13(2)19(15,16)12-6-5-11(8-14)18-12/h3-6,14H,7-8H2,1-2H3. The summed E-state index contributed by atoms with van der Waals surface area (Å²) >= 11 is 1.07. The maximum Gasteiger partial charge on any atom is 0.252 e. The van der Waals surface area contributed by atoms with Crippen LogP contribution in [0.25, 0.3) is 0 Å². The summed E-state index contributed by atoms with van der Waals surface area (Å²) in [7, 11) is -2.03. The monoisotopic (exact) mass is 301 g/mol. The van der Waals surface area contributed by atoms with Gasteiger partial charge >= 0.3 is 0 Å². The van der Waals surface area contributed by atoms with Crippen LogP contribution < -0.4 is 0 Å². The molecule has 1 N–H and O–H groups in total. The molecule has 0 bridgehead atoms. The molecule has 0 atom stereocenters. The van der Waals surface area contributed by atoms with E-state index in [2.05, 4.69) is 0 Å². The Balaban J connectivity index is 2.19. The maximum atomic E-state index is 12.3. The topological polar surface area (TPSA) is 70.8 Å². The first-order valence-electron chi connectivity index (χ1n) is 5.64. The van der Waals surface area contributed by atoms with Crippen molar-refractivity contribution in [1.29, 1.82) is 0 Å². The zero-order valence-electron chi connectivity index (χ0n) is 10.7. The van der Waals surface area contributed by atoms with Crippen LogP contribution in [0.1, 0.15) is 16.4 Å². The number of aryl methyl sites for hydroxylation is 1. The van der Waals surface area contributed by atoms with E-state index in [4.69, 9.17) is 9.52 Å². The van der Waals surface area contributed by atoms with Crippen LogP contribution in [0.3, 0.4) is 0 Å². The van der Waals surface area contributed by atoms with Gasteiger partial charge in [0.2, 0.25) is 0 Å². The number of aliphatic hydroxyl groups excluding tert-OH is 1. The van der Waals surface area contributed by atoms with Gasteiger partial charge in [0.05, 0.1) is 13.2 Å². The van der Waals surface area contributed by atoms with Gasteiger partial charge in [-0.05, 0) is 31.2 Å². The summed E-state index contributed by atoms with van der Waals surface area (Å²) in [4.78, 5) is 0.626. The molecule has 19 heavy (non-hydrogen) atoms. The molecule has 2 aromatic rings. The van der Waals surface area contributed by atoms with Crippen LogP contribution in [-0.4, -0.2) is 24.9 Å². The summed E-state index contributed by atoms with van der Waals surface area (Å²) in [5.74, 6) is 1.35. The van der Waals surface area contributed by atoms with Crippen LogP contribution in [0.2, 0.25) is 0 Å². The van der Waals surface area contributed by atoms with Gasteiger partial charge in [0, 0.05) is 11.9 Å². The van der Waals surface area contributed by atoms with Crippen molar-refractivity contribution >= 4 is 21.4 Å². The minimum Gasteiger partial charge on any atom is -0.465 e. The fourth-order valence-electron chi connectivity index (χ4n) is 1.61. The minimum atomic E-state index is -3.54. The Labute approximate surface area is 116 Å². The van der Waals surface area contributed by atoms with Gasteiger partial charge in [-0.3, -0.25) is 0 Å². The highest BCUT2D eigenvalue weighted by Gasteiger charge is 2.23. The molecule has 0 aliphatic rings. The van der Waals surface area contributed by atoms with E-state index in [1.807, 2.05) is 6.92 Å². The number of furan rings is 1. The SMILES string of the molecule is Cc1ccc(CN(C)S(=O)(=O)c2ccc(CO)s2)o1. The van der Waals surface area contributed by atoms with Crippen molar-refractivity contribution in [2.24, 2.45) is 0 Å². The van der Waals surface area contributed by atoms with E-state index >= 15 is 0 Å². The predicted molar refractivity (Wildman–Crippen MR) is 72.3 cm³/mol. The van der Waals surface area contributed by atoms with E-state index in [-0.39, 0.29) is 17.4 Å². The number of thiophene rings is 1. The minimum absolute atomic E-state index is 0.152. The van der Waals surface area contributed by atoms with E-state index in [1.165, 1.54) is 17.4 Å². The highest BCUT2D eigenvalue weighted by molar-refractivity contribution is 7.91. The van der Waals surface area contributed by atoms with Crippen molar-refractivity contribution in [2.75, 3.05) is 7.05 Å². The summed E-state index contributed by atoms with van der Waals surface area (Å²) in [6.45, 7) is 1.84. The zero-order chi connectivity index (χ0) is 14.0. The second-order valence-electron chi connectivity index (χ2n) is 4.15. The third-order valence-corrected chi connectivity index (χ3v) is 5.97. The summed E-state index contributed by atoms with van der Waals surface area (Å²) in [5, 5.41) is 8.98. The van der Waals surface area contributed by atoms with Crippen molar-refractivity contribution < 1.29 is 17.9 Å². The normalized spacial score (nSPS) is 12.2. The van der Waals surface area contributed by atoms with Crippen molar-refractivity contribution in [2.45, 2.75) is 24.3 Å². The van der Waals surface area contributed by atoms with Gasteiger partial charge in [-0.1, -0.05) is 0 Å². The van der Waals surface area contributed by atoms with Crippen LogP contribution in [0, 0.1) is 6.92 Å². The molecule has 0 saturated heterocycles. The molecule has 2 rings (SSSR count). The number of nitrogens with zero attached hydrogens (tertiary/aromatic N) is 1. The van der Waals surface area contributed by atoms with E-state index in [9.17, 15) is 8.42 Å². The van der Waals surface area contributed by atoms with Crippen molar-refractivity contribution in [3.63, 3.8) is 0 Å². The average Bonchev–Trinajstić information content (AvgIpc) is 2.98. The number of hydrogen-bond donors (Lipinski definition) is 1. The van der Waals surface area contributed by atoms with Gasteiger partial charge < -0.3 is 9.52 Å². The quantitative estimate of drug-likeness (QED) is 0.916. The Bertz CT molecular complexity index is 657. The highest BCUT2D eigenvalue weighted by atomic mass is 32.2. The molecule has 0 radical (unpaired) electrons. The molecule has 0 aromatic carbocycles. The second-order valence-corrected chi connectivity index (χ2v) is 7.59. The maximum absolute atomic E-state index is 12.3. The molecular formula is C12H15NO4S2. The van der Waals surface area contributed by atoms with Crippen LogP contribution in [0.5, 0.6) is 0 Å². The van der Waals surface area contributed by atoms with Crippen LogP contribution >= 0.6 is 11.3 Å². The molecule has 0 saturated carbocycles. The third kappa shape index (κ3) is 3.06. The van der Waals surface area contributed by atoms with Crippen LogP contribution in [0.15, 0.2) is 32.9 Å². The molecule has 5 nitrogen and oxygen atoms in total. The first-order chi connectivity index (χ1) is 8.93. The fourth-order valence-corrected chi connectivity index (χ4v) is 4.17. The smallest absolute Gasteiger partial charge is 0.252 e. The Kier molecular flexibility index (Phi) is 4.10. The van der Waals surface area contributed by atoms with Gasteiger partial charge in [-0.25, -0.2) is 8.42 Å². The Morgan fingerprint density at radius 3 is 2.58 bits per heavy atom. The van der Waals surface area contributed by atoms with E-state index in [1.54, 1.807) is 18.2 Å². The second kappa shape index (κ2) is 5.46. The van der Waals surface area contributed by atoms with Gasteiger partial charge in [-0.15, -0.1) is 11.3 Å². The number of rotatable bonds is 5. The number of hydrogen-bond acceptors (Lipinski definition) is 5. The first-order valence-corrected chi connectivity index (χ1v) is 7.90. The lowest BCUT2D eigenvalue weighted by Gasteiger charge is -2.14. The molecule has 0 amide bonds. The van der Waals surface area contributed by atoms with E-state index in [0.717, 1.165) is 17.1 Å².